The van der Waals surface area contributed by atoms with E-state index in [1.54, 1.807) is 0 Å². The molecule has 0 aromatic carbocycles. The van der Waals surface area contributed by atoms with E-state index in [2.05, 4.69) is 41.9 Å². The van der Waals surface area contributed by atoms with E-state index < -0.39 is 0 Å². The van der Waals surface area contributed by atoms with Gasteiger partial charge in [-0.2, -0.15) is 0 Å². The lowest BCUT2D eigenvalue weighted by atomic mass is 9.77. The summed E-state index contributed by atoms with van der Waals surface area (Å²) >= 11 is 0. The van der Waals surface area contributed by atoms with Crippen LogP contribution in [-0.2, 0) is 9.53 Å². The number of rotatable bonds is 42. The number of carbonyl (C=O) groups excluding carboxylic acids is 1. The SMILES string of the molecule is CCCCCCCCCCCCCCC(CCCCCCCCCCCCCC)(COC(=O)CCCCCCCCCCCCC)C[N+](C)(C)C. The largest absolute Gasteiger partial charge is 0.465 e. The van der Waals surface area contributed by atoms with Crippen LogP contribution >= 0.6 is 0 Å². The summed E-state index contributed by atoms with van der Waals surface area (Å²) in [6.07, 6.45) is 50.9. The molecule has 0 aromatic heterocycles. The standard InChI is InChI=1S/C48H98NO2/c1-7-10-13-16-19-22-25-28-31-34-37-40-43-48(45-49(4,5)6,44-41-38-35-32-29-26-23-20-17-14-11-8-2)46-51-47(50)42-39-36-33-30-27-24-21-18-15-12-9-3/h7-46H2,1-6H3/q+1. The Kier molecular flexibility index (Phi) is 37.3. The molecule has 0 atom stereocenters. The van der Waals surface area contributed by atoms with E-state index in [1.807, 2.05) is 0 Å². The molecule has 0 aliphatic rings. The second kappa shape index (κ2) is 37.7. The van der Waals surface area contributed by atoms with E-state index in [4.69, 9.17) is 4.74 Å². The van der Waals surface area contributed by atoms with Crippen molar-refractivity contribution >= 4 is 5.97 Å². The van der Waals surface area contributed by atoms with Crippen molar-refractivity contribution in [2.24, 2.45) is 5.41 Å². The zero-order valence-electron chi connectivity index (χ0n) is 36.5. The van der Waals surface area contributed by atoms with Crippen molar-refractivity contribution in [3.05, 3.63) is 0 Å². The summed E-state index contributed by atoms with van der Waals surface area (Å²) in [5, 5.41) is 0. The number of esters is 1. The number of quaternary nitrogens is 1. The zero-order chi connectivity index (χ0) is 37.6. The third-order valence-corrected chi connectivity index (χ3v) is 11.5. The molecule has 0 aromatic rings. The third-order valence-electron chi connectivity index (χ3n) is 11.5. The summed E-state index contributed by atoms with van der Waals surface area (Å²) in [5.74, 6) is 0.0566. The van der Waals surface area contributed by atoms with Gasteiger partial charge in [0.15, 0.2) is 0 Å². The maximum absolute atomic E-state index is 13.0. The Morgan fingerprint density at radius 1 is 0.392 bits per heavy atom. The molecule has 3 nitrogen and oxygen atoms in total. The highest BCUT2D eigenvalue weighted by Crippen LogP contribution is 2.35. The Labute approximate surface area is 323 Å². The number of unbranched alkanes of at least 4 members (excludes halogenated alkanes) is 32. The van der Waals surface area contributed by atoms with Gasteiger partial charge in [-0.25, -0.2) is 0 Å². The molecule has 0 unspecified atom stereocenters. The van der Waals surface area contributed by atoms with Gasteiger partial charge in [0.25, 0.3) is 0 Å². The topological polar surface area (TPSA) is 26.3 Å². The van der Waals surface area contributed by atoms with Crippen LogP contribution in [0.25, 0.3) is 0 Å². The van der Waals surface area contributed by atoms with Gasteiger partial charge in [0, 0.05) is 6.42 Å². The average Bonchev–Trinajstić information content (AvgIpc) is 3.10. The Bertz CT molecular complexity index is 670. The Balaban J connectivity index is 4.72. The number of ether oxygens (including phenoxy) is 1. The molecule has 0 heterocycles. The average molecular weight is 721 g/mol. The summed E-state index contributed by atoms with van der Waals surface area (Å²) in [5.41, 5.74) is 0.113. The first kappa shape index (κ1) is 50.4. The second-order valence-corrected chi connectivity index (χ2v) is 18.2. The van der Waals surface area contributed by atoms with Gasteiger partial charge in [-0.3, -0.25) is 4.79 Å². The van der Waals surface area contributed by atoms with Gasteiger partial charge in [-0.1, -0.05) is 239 Å². The molecule has 0 spiro atoms. The van der Waals surface area contributed by atoms with Crippen molar-refractivity contribution in [2.75, 3.05) is 34.3 Å². The molecule has 0 aliphatic carbocycles. The van der Waals surface area contributed by atoms with Crippen molar-refractivity contribution in [1.29, 1.82) is 0 Å². The summed E-state index contributed by atoms with van der Waals surface area (Å²) < 4.78 is 7.16. The first-order chi connectivity index (χ1) is 24.8. The molecule has 0 saturated carbocycles. The van der Waals surface area contributed by atoms with Crippen LogP contribution in [-0.4, -0.2) is 44.7 Å². The van der Waals surface area contributed by atoms with E-state index in [1.165, 1.54) is 231 Å². The first-order valence-corrected chi connectivity index (χ1v) is 23.7. The molecular weight excluding hydrogens is 623 g/mol. The summed E-state index contributed by atoms with van der Waals surface area (Å²) in [4.78, 5) is 13.0. The van der Waals surface area contributed by atoms with Crippen LogP contribution in [0.15, 0.2) is 0 Å². The molecule has 0 fully saturated rings. The summed E-state index contributed by atoms with van der Waals surface area (Å²) in [6, 6.07) is 0. The van der Waals surface area contributed by atoms with Gasteiger partial charge >= 0.3 is 5.97 Å². The lowest BCUT2D eigenvalue weighted by Gasteiger charge is -2.39. The normalized spacial score (nSPS) is 12.2. The van der Waals surface area contributed by atoms with Crippen molar-refractivity contribution in [2.45, 2.75) is 265 Å². The van der Waals surface area contributed by atoms with Crippen LogP contribution in [0.1, 0.15) is 265 Å². The van der Waals surface area contributed by atoms with Crippen LogP contribution in [0.2, 0.25) is 0 Å². The van der Waals surface area contributed by atoms with E-state index in [0.29, 0.717) is 13.0 Å². The minimum Gasteiger partial charge on any atom is -0.465 e. The third kappa shape index (κ3) is 37.5. The van der Waals surface area contributed by atoms with E-state index in [-0.39, 0.29) is 11.4 Å². The second-order valence-electron chi connectivity index (χ2n) is 18.2. The van der Waals surface area contributed by atoms with Crippen molar-refractivity contribution in [3.8, 4) is 0 Å². The van der Waals surface area contributed by atoms with Crippen molar-refractivity contribution in [1.82, 2.24) is 0 Å². The van der Waals surface area contributed by atoms with E-state index in [9.17, 15) is 4.79 Å². The number of nitrogens with zero attached hydrogens (tertiary/aromatic N) is 1. The lowest BCUT2D eigenvalue weighted by molar-refractivity contribution is -0.877. The molecule has 0 amide bonds. The molecule has 0 saturated heterocycles. The highest BCUT2D eigenvalue weighted by atomic mass is 16.5. The highest BCUT2D eigenvalue weighted by Gasteiger charge is 2.36. The fourth-order valence-corrected chi connectivity index (χ4v) is 8.40. The predicted octanol–water partition coefficient (Wildman–Crippen LogP) is 16.1. The molecule has 51 heavy (non-hydrogen) atoms. The van der Waals surface area contributed by atoms with Crippen molar-refractivity contribution in [3.63, 3.8) is 0 Å². The smallest absolute Gasteiger partial charge is 0.305 e. The molecule has 0 aliphatic heterocycles. The van der Waals surface area contributed by atoms with Gasteiger partial charge < -0.3 is 9.22 Å². The monoisotopic (exact) mass is 721 g/mol. The molecule has 306 valence electrons. The number of hydrogen-bond donors (Lipinski definition) is 0. The zero-order valence-corrected chi connectivity index (χ0v) is 36.5. The molecule has 0 N–H and O–H groups in total. The molecule has 0 bridgehead atoms. The maximum Gasteiger partial charge on any atom is 0.305 e. The Morgan fingerprint density at radius 3 is 0.922 bits per heavy atom. The van der Waals surface area contributed by atoms with Gasteiger partial charge in [0.2, 0.25) is 0 Å². The van der Waals surface area contributed by atoms with E-state index >= 15 is 0 Å². The number of carbonyl (C=O) groups is 1. The highest BCUT2D eigenvalue weighted by molar-refractivity contribution is 5.69. The molecule has 3 heteroatoms. The predicted molar refractivity (Wildman–Crippen MR) is 229 cm³/mol. The van der Waals surface area contributed by atoms with Gasteiger partial charge in [0.1, 0.15) is 6.61 Å². The minimum absolute atomic E-state index is 0.0566. The van der Waals surface area contributed by atoms with Crippen molar-refractivity contribution < 1.29 is 14.0 Å². The van der Waals surface area contributed by atoms with Gasteiger partial charge in [0.05, 0.1) is 33.1 Å². The van der Waals surface area contributed by atoms with E-state index in [0.717, 1.165) is 17.4 Å². The number of hydrogen-bond acceptors (Lipinski definition) is 2. The lowest BCUT2D eigenvalue weighted by Crippen LogP contribution is -2.47. The first-order valence-electron chi connectivity index (χ1n) is 23.7. The molecule has 0 rings (SSSR count). The Hall–Kier alpha value is -0.570. The summed E-state index contributed by atoms with van der Waals surface area (Å²) in [7, 11) is 7.02. The van der Waals surface area contributed by atoms with Gasteiger partial charge in [-0.15, -0.1) is 0 Å². The van der Waals surface area contributed by atoms with Crippen LogP contribution < -0.4 is 0 Å². The Morgan fingerprint density at radius 2 is 0.647 bits per heavy atom. The fourth-order valence-electron chi connectivity index (χ4n) is 8.40. The van der Waals surface area contributed by atoms with Crippen LogP contribution in [0.4, 0.5) is 0 Å². The molecular formula is C48H98NO2+. The maximum atomic E-state index is 13.0. The quantitative estimate of drug-likeness (QED) is 0.0356. The fraction of sp³-hybridized carbons (Fsp3) is 0.979. The minimum atomic E-state index is 0.0566. The van der Waals surface area contributed by atoms with Gasteiger partial charge in [-0.05, 0) is 19.3 Å². The molecule has 0 radical (unpaired) electrons. The van der Waals surface area contributed by atoms with Crippen LogP contribution in [0.5, 0.6) is 0 Å². The summed E-state index contributed by atoms with van der Waals surface area (Å²) in [6.45, 7) is 8.64. The van der Waals surface area contributed by atoms with Crippen LogP contribution in [0.3, 0.4) is 0 Å². The van der Waals surface area contributed by atoms with Crippen LogP contribution in [0, 0.1) is 5.41 Å².